The lowest BCUT2D eigenvalue weighted by Gasteiger charge is -2.39. The first-order valence-electron chi connectivity index (χ1n) is 7.10. The number of nitrogens with one attached hydrogen (secondary N) is 1. The molecule has 1 aliphatic heterocycles. The molecule has 1 N–H and O–H groups in total. The predicted molar refractivity (Wildman–Crippen MR) is 73.3 cm³/mol. The molecular weight excluding hydrogens is 224 g/mol. The van der Waals surface area contributed by atoms with E-state index in [4.69, 9.17) is 0 Å². The highest BCUT2D eigenvalue weighted by Crippen LogP contribution is 2.40. The molecule has 1 saturated carbocycles. The summed E-state index contributed by atoms with van der Waals surface area (Å²) in [6.07, 6.45) is 4.86. The van der Waals surface area contributed by atoms with E-state index in [0.717, 1.165) is 6.54 Å². The maximum Gasteiger partial charge on any atom is 0.122 e. The van der Waals surface area contributed by atoms with Gasteiger partial charge in [0.1, 0.15) is 5.54 Å². The Kier molecular flexibility index (Phi) is 4.26. The van der Waals surface area contributed by atoms with Crippen molar-refractivity contribution in [1.29, 1.82) is 5.26 Å². The van der Waals surface area contributed by atoms with Gasteiger partial charge < -0.3 is 15.1 Å². The number of hydrogen-bond donors (Lipinski definition) is 1. The molecule has 0 radical (unpaired) electrons. The van der Waals surface area contributed by atoms with E-state index in [-0.39, 0.29) is 5.54 Å². The number of likely N-dealkylation sites (tertiary alicyclic amines) is 1. The standard InChI is InChI=1S/C14H26N4/c1-16-14(10-15,12-4-5-12)11-18(3)13-6-8-17(2)9-7-13/h12-13,16H,4-9,11H2,1-3H3. The molecule has 1 saturated heterocycles. The minimum Gasteiger partial charge on any atom is -0.306 e. The van der Waals surface area contributed by atoms with Crippen molar-refractivity contribution in [2.75, 3.05) is 40.8 Å². The number of nitriles is 1. The van der Waals surface area contributed by atoms with Crippen LogP contribution in [0.15, 0.2) is 0 Å². The highest BCUT2D eigenvalue weighted by atomic mass is 15.2. The number of nitrogens with zero attached hydrogens (tertiary/aromatic N) is 3. The molecule has 0 spiro atoms. The average molecular weight is 250 g/mol. The zero-order chi connectivity index (χ0) is 13.2. The zero-order valence-electron chi connectivity index (χ0n) is 11.9. The molecule has 1 atom stereocenters. The summed E-state index contributed by atoms with van der Waals surface area (Å²) in [6, 6.07) is 3.18. The molecule has 1 unspecified atom stereocenters. The van der Waals surface area contributed by atoms with E-state index >= 15 is 0 Å². The molecular formula is C14H26N4. The summed E-state index contributed by atoms with van der Waals surface area (Å²) in [6.45, 7) is 3.22. The molecule has 0 aromatic rings. The molecule has 4 heteroatoms. The van der Waals surface area contributed by atoms with Crippen LogP contribution in [-0.4, -0.2) is 62.2 Å². The van der Waals surface area contributed by atoms with Crippen molar-refractivity contribution in [2.45, 2.75) is 37.3 Å². The quantitative estimate of drug-likeness (QED) is 0.787. The fourth-order valence-corrected chi connectivity index (χ4v) is 3.13. The molecule has 1 aliphatic carbocycles. The Bertz CT molecular complexity index is 312. The third-order valence-corrected chi connectivity index (χ3v) is 4.73. The van der Waals surface area contributed by atoms with Gasteiger partial charge in [0.25, 0.3) is 0 Å². The zero-order valence-corrected chi connectivity index (χ0v) is 11.9. The SMILES string of the molecule is CNC(C#N)(CN(C)C1CCN(C)CC1)C1CC1. The largest absolute Gasteiger partial charge is 0.306 e. The second-order valence-corrected chi connectivity index (χ2v) is 6.06. The van der Waals surface area contributed by atoms with Gasteiger partial charge in [-0.3, -0.25) is 0 Å². The van der Waals surface area contributed by atoms with Gasteiger partial charge in [0.2, 0.25) is 0 Å². The Morgan fingerprint density at radius 1 is 1.33 bits per heavy atom. The number of hydrogen-bond acceptors (Lipinski definition) is 4. The predicted octanol–water partition coefficient (Wildman–Crippen LogP) is 0.904. The number of piperidine rings is 1. The highest BCUT2D eigenvalue weighted by Gasteiger charge is 2.46. The summed E-state index contributed by atoms with van der Waals surface area (Å²) in [5.74, 6) is 0.557. The van der Waals surface area contributed by atoms with E-state index in [1.807, 2.05) is 7.05 Å². The molecule has 2 aliphatic rings. The average Bonchev–Trinajstić information content (AvgIpc) is 3.21. The lowest BCUT2D eigenvalue weighted by molar-refractivity contribution is 0.119. The monoisotopic (exact) mass is 250 g/mol. The Morgan fingerprint density at radius 3 is 2.39 bits per heavy atom. The van der Waals surface area contributed by atoms with Gasteiger partial charge in [0.15, 0.2) is 0 Å². The van der Waals surface area contributed by atoms with Crippen LogP contribution in [0.25, 0.3) is 0 Å². The molecule has 2 rings (SSSR count). The molecule has 102 valence electrons. The van der Waals surface area contributed by atoms with Gasteiger partial charge >= 0.3 is 0 Å². The van der Waals surface area contributed by atoms with Crippen molar-refractivity contribution < 1.29 is 0 Å². The normalized spacial score (nSPS) is 25.9. The van der Waals surface area contributed by atoms with Gasteiger partial charge in [-0.05, 0) is 65.8 Å². The van der Waals surface area contributed by atoms with Gasteiger partial charge in [-0.2, -0.15) is 5.26 Å². The molecule has 1 heterocycles. The smallest absolute Gasteiger partial charge is 0.122 e. The third kappa shape index (κ3) is 2.85. The number of likely N-dealkylation sites (N-methyl/N-ethyl adjacent to an activating group) is 2. The number of rotatable bonds is 5. The van der Waals surface area contributed by atoms with E-state index in [1.54, 1.807) is 0 Å². The minimum absolute atomic E-state index is 0.321. The Morgan fingerprint density at radius 2 is 1.94 bits per heavy atom. The van der Waals surface area contributed by atoms with E-state index in [9.17, 15) is 5.26 Å². The van der Waals surface area contributed by atoms with Crippen molar-refractivity contribution in [3.8, 4) is 6.07 Å². The van der Waals surface area contributed by atoms with Crippen molar-refractivity contribution in [3.63, 3.8) is 0 Å². The van der Waals surface area contributed by atoms with Crippen molar-refractivity contribution in [3.05, 3.63) is 0 Å². The molecule has 2 fully saturated rings. The van der Waals surface area contributed by atoms with Crippen LogP contribution in [0.4, 0.5) is 0 Å². The van der Waals surface area contributed by atoms with Crippen LogP contribution >= 0.6 is 0 Å². The van der Waals surface area contributed by atoms with Crippen LogP contribution in [0, 0.1) is 17.2 Å². The van der Waals surface area contributed by atoms with Crippen molar-refractivity contribution in [2.24, 2.45) is 5.92 Å². The minimum atomic E-state index is -0.321. The Balaban J connectivity index is 1.93. The molecule has 0 amide bonds. The van der Waals surface area contributed by atoms with Crippen LogP contribution in [0.1, 0.15) is 25.7 Å². The van der Waals surface area contributed by atoms with Gasteiger partial charge in [-0.25, -0.2) is 0 Å². The Hall–Kier alpha value is -0.630. The van der Waals surface area contributed by atoms with Gasteiger partial charge in [-0.1, -0.05) is 0 Å². The molecule has 0 bridgehead atoms. The van der Waals surface area contributed by atoms with Gasteiger partial charge in [0, 0.05) is 12.6 Å². The van der Waals surface area contributed by atoms with E-state index in [2.05, 4.69) is 35.3 Å². The van der Waals surface area contributed by atoms with Crippen molar-refractivity contribution in [1.82, 2.24) is 15.1 Å². The fraction of sp³-hybridized carbons (Fsp3) is 0.929. The lowest BCUT2D eigenvalue weighted by atomic mass is 9.93. The summed E-state index contributed by atoms with van der Waals surface area (Å²) in [5, 5.41) is 12.8. The first kappa shape index (κ1) is 13.8. The molecule has 0 aromatic carbocycles. The van der Waals surface area contributed by atoms with Crippen LogP contribution < -0.4 is 5.32 Å². The van der Waals surface area contributed by atoms with Crippen LogP contribution in [0.5, 0.6) is 0 Å². The summed E-state index contributed by atoms with van der Waals surface area (Å²) < 4.78 is 0. The topological polar surface area (TPSA) is 42.3 Å². The molecule has 0 aromatic heterocycles. The lowest BCUT2D eigenvalue weighted by Crippen LogP contribution is -2.55. The first-order valence-corrected chi connectivity index (χ1v) is 7.10. The summed E-state index contributed by atoms with van der Waals surface area (Å²) in [5.41, 5.74) is -0.321. The highest BCUT2D eigenvalue weighted by molar-refractivity contribution is 5.16. The van der Waals surface area contributed by atoms with Crippen LogP contribution in [0.2, 0.25) is 0 Å². The second kappa shape index (κ2) is 5.56. The van der Waals surface area contributed by atoms with Crippen LogP contribution in [-0.2, 0) is 0 Å². The maximum atomic E-state index is 9.53. The second-order valence-electron chi connectivity index (χ2n) is 6.06. The van der Waals surface area contributed by atoms with E-state index in [1.165, 1.54) is 38.8 Å². The third-order valence-electron chi connectivity index (χ3n) is 4.73. The molecule has 18 heavy (non-hydrogen) atoms. The van der Waals surface area contributed by atoms with E-state index in [0.29, 0.717) is 12.0 Å². The Labute approximate surface area is 111 Å². The summed E-state index contributed by atoms with van der Waals surface area (Å²) in [7, 11) is 6.30. The molecule has 4 nitrogen and oxygen atoms in total. The van der Waals surface area contributed by atoms with Crippen LogP contribution in [0.3, 0.4) is 0 Å². The van der Waals surface area contributed by atoms with Gasteiger partial charge in [-0.15, -0.1) is 0 Å². The summed E-state index contributed by atoms with van der Waals surface area (Å²) >= 11 is 0. The fourth-order valence-electron chi connectivity index (χ4n) is 3.13. The summed E-state index contributed by atoms with van der Waals surface area (Å²) in [4.78, 5) is 4.80. The maximum absolute atomic E-state index is 9.53. The first-order chi connectivity index (χ1) is 8.61. The van der Waals surface area contributed by atoms with Gasteiger partial charge in [0.05, 0.1) is 6.07 Å². The van der Waals surface area contributed by atoms with Crippen molar-refractivity contribution >= 4 is 0 Å². The van der Waals surface area contributed by atoms with E-state index < -0.39 is 0 Å².